The Morgan fingerprint density at radius 2 is 1.87 bits per heavy atom. The van der Waals surface area contributed by atoms with Gasteiger partial charge < -0.3 is 20.3 Å². The monoisotopic (exact) mass is 420 g/mol. The van der Waals surface area contributed by atoms with Gasteiger partial charge >= 0.3 is 0 Å². The third-order valence-electron chi connectivity index (χ3n) is 5.48. The smallest absolute Gasteiger partial charge is 0.227 e. The molecule has 10 heteroatoms. The molecular formula is C20H23F3N6O. The van der Waals surface area contributed by atoms with E-state index in [-0.39, 0.29) is 29.2 Å². The molecule has 3 N–H and O–H groups in total. The van der Waals surface area contributed by atoms with Gasteiger partial charge in [-0.15, -0.1) is 0 Å². The summed E-state index contributed by atoms with van der Waals surface area (Å²) in [5.74, 6) is -2.85. The summed E-state index contributed by atoms with van der Waals surface area (Å²) in [7, 11) is 0. The summed E-state index contributed by atoms with van der Waals surface area (Å²) >= 11 is 0. The van der Waals surface area contributed by atoms with Crippen LogP contribution in [0.4, 0.5) is 30.6 Å². The second-order valence-corrected chi connectivity index (χ2v) is 7.53. The molecule has 1 aliphatic carbocycles. The number of hydrogen-bond acceptors (Lipinski definition) is 6. The van der Waals surface area contributed by atoms with Crippen molar-refractivity contribution in [2.45, 2.75) is 58.2 Å². The number of rotatable bonds is 5. The number of nitrogens with zero attached hydrogens (tertiary/aromatic N) is 4. The normalized spacial score (nSPS) is 19.3. The first kappa shape index (κ1) is 20.4. The van der Waals surface area contributed by atoms with Gasteiger partial charge in [0, 0.05) is 24.2 Å². The highest BCUT2D eigenvalue weighted by Crippen LogP contribution is 2.30. The highest BCUT2D eigenvalue weighted by Gasteiger charge is 2.22. The number of aliphatic hydroxyl groups excluding tert-OH is 1. The molecule has 0 amide bonds. The molecule has 2 heterocycles. The molecule has 0 radical (unpaired) electrons. The van der Waals surface area contributed by atoms with Crippen molar-refractivity contribution in [1.29, 1.82) is 0 Å². The number of hydrogen-bond donors (Lipinski definition) is 3. The van der Waals surface area contributed by atoms with Crippen LogP contribution in [-0.4, -0.2) is 36.8 Å². The van der Waals surface area contributed by atoms with Crippen LogP contribution >= 0.6 is 0 Å². The highest BCUT2D eigenvalue weighted by atomic mass is 19.2. The van der Waals surface area contributed by atoms with Gasteiger partial charge in [-0.25, -0.2) is 18.2 Å². The molecule has 2 aromatic heterocycles. The lowest BCUT2D eigenvalue weighted by Gasteiger charge is -2.26. The number of fused-ring (bicyclic) bond motifs is 1. The molecule has 0 aliphatic heterocycles. The van der Waals surface area contributed by atoms with E-state index in [1.165, 1.54) is 6.92 Å². The minimum Gasteiger partial charge on any atom is -0.393 e. The number of benzene rings is 1. The summed E-state index contributed by atoms with van der Waals surface area (Å²) in [6.45, 7) is 3.70. The van der Waals surface area contributed by atoms with E-state index in [0.29, 0.717) is 36.5 Å². The average molecular weight is 420 g/mol. The SMILES string of the molecule is CCn1cnc2c(Nc3cc(F)c(C)c(F)c3F)nc(NC3CCC(O)CC3)nc21. The standard InChI is InChI=1S/C20H23F3N6O/c1-3-29-9-24-17-18(26-14-8-13(21)10(2)15(22)16(14)23)27-20(28-19(17)29)25-11-4-6-12(30)7-5-11/h8-9,11-12,30H,3-7H2,1-2H3,(H2,25,26,27,28). The second kappa shape index (κ2) is 8.10. The molecule has 1 aliphatic rings. The van der Waals surface area contributed by atoms with Crippen LogP contribution in [0.2, 0.25) is 0 Å². The largest absolute Gasteiger partial charge is 0.393 e. The van der Waals surface area contributed by atoms with E-state index < -0.39 is 17.5 Å². The van der Waals surface area contributed by atoms with Crippen molar-refractivity contribution in [3.63, 3.8) is 0 Å². The molecular weight excluding hydrogens is 397 g/mol. The Balaban J connectivity index is 1.72. The highest BCUT2D eigenvalue weighted by molar-refractivity contribution is 5.86. The number of aliphatic hydroxyl groups is 1. The summed E-state index contributed by atoms with van der Waals surface area (Å²) in [5, 5.41) is 15.6. The third-order valence-corrected chi connectivity index (χ3v) is 5.48. The third kappa shape index (κ3) is 3.79. The summed E-state index contributed by atoms with van der Waals surface area (Å²) in [5.41, 5.74) is 0.125. The Hall–Kier alpha value is -2.88. The Morgan fingerprint density at radius 1 is 1.13 bits per heavy atom. The van der Waals surface area contributed by atoms with Gasteiger partial charge in [-0.2, -0.15) is 9.97 Å². The maximum atomic E-state index is 14.4. The second-order valence-electron chi connectivity index (χ2n) is 7.53. The number of anilines is 3. The first-order valence-corrected chi connectivity index (χ1v) is 9.96. The molecule has 0 saturated heterocycles. The van der Waals surface area contributed by atoms with Crippen molar-refractivity contribution in [3.8, 4) is 0 Å². The predicted molar refractivity (Wildman–Crippen MR) is 107 cm³/mol. The van der Waals surface area contributed by atoms with Crippen molar-refractivity contribution in [3.05, 3.63) is 35.4 Å². The predicted octanol–water partition coefficient (Wildman–Crippen LogP) is 4.03. The van der Waals surface area contributed by atoms with Crippen LogP contribution in [0, 0.1) is 24.4 Å². The van der Waals surface area contributed by atoms with E-state index in [4.69, 9.17) is 0 Å². The van der Waals surface area contributed by atoms with E-state index in [9.17, 15) is 18.3 Å². The molecule has 1 saturated carbocycles. The summed E-state index contributed by atoms with van der Waals surface area (Å²) < 4.78 is 44.2. The zero-order valence-electron chi connectivity index (χ0n) is 16.7. The Bertz CT molecular complexity index is 1080. The van der Waals surface area contributed by atoms with E-state index in [0.717, 1.165) is 18.9 Å². The number of aromatic nitrogens is 4. The number of nitrogens with one attached hydrogen (secondary N) is 2. The van der Waals surface area contributed by atoms with Crippen LogP contribution < -0.4 is 10.6 Å². The quantitative estimate of drug-likeness (QED) is 0.540. The van der Waals surface area contributed by atoms with Gasteiger partial charge in [0.25, 0.3) is 0 Å². The lowest BCUT2D eigenvalue weighted by Crippen LogP contribution is -2.29. The fraction of sp³-hybridized carbons (Fsp3) is 0.450. The first-order chi connectivity index (χ1) is 14.4. The van der Waals surface area contributed by atoms with Gasteiger partial charge in [-0.3, -0.25) is 0 Å². The van der Waals surface area contributed by atoms with Crippen LogP contribution in [0.5, 0.6) is 0 Å². The van der Waals surface area contributed by atoms with Gasteiger partial charge in [-0.05, 0) is 39.5 Å². The number of imidazole rings is 1. The molecule has 30 heavy (non-hydrogen) atoms. The van der Waals surface area contributed by atoms with Crippen molar-refractivity contribution < 1.29 is 18.3 Å². The average Bonchev–Trinajstić information content (AvgIpc) is 3.15. The van der Waals surface area contributed by atoms with Gasteiger partial charge in [0.05, 0.1) is 18.1 Å². The summed E-state index contributed by atoms with van der Waals surface area (Å²) in [6.07, 6.45) is 4.19. The van der Waals surface area contributed by atoms with Crippen molar-refractivity contribution in [1.82, 2.24) is 19.5 Å². The lowest BCUT2D eigenvalue weighted by atomic mass is 9.93. The number of halogens is 3. The molecule has 160 valence electrons. The van der Waals surface area contributed by atoms with Gasteiger partial charge in [0.2, 0.25) is 5.95 Å². The summed E-state index contributed by atoms with van der Waals surface area (Å²) in [6, 6.07) is 0.983. The van der Waals surface area contributed by atoms with Crippen LogP contribution in [0.1, 0.15) is 38.2 Å². The van der Waals surface area contributed by atoms with Crippen molar-refractivity contribution in [2.75, 3.05) is 10.6 Å². The van der Waals surface area contributed by atoms with E-state index in [1.54, 1.807) is 10.9 Å². The molecule has 0 bridgehead atoms. The minimum atomic E-state index is -1.25. The first-order valence-electron chi connectivity index (χ1n) is 9.96. The topological polar surface area (TPSA) is 87.9 Å². The van der Waals surface area contributed by atoms with E-state index in [1.807, 2.05) is 6.92 Å². The molecule has 7 nitrogen and oxygen atoms in total. The van der Waals surface area contributed by atoms with Gasteiger partial charge in [0.1, 0.15) is 5.82 Å². The fourth-order valence-corrected chi connectivity index (χ4v) is 3.63. The zero-order chi connectivity index (χ0) is 21.4. The molecule has 4 rings (SSSR count). The van der Waals surface area contributed by atoms with Crippen LogP contribution in [0.3, 0.4) is 0 Å². The van der Waals surface area contributed by atoms with Gasteiger partial charge in [0.15, 0.2) is 28.6 Å². The number of aryl methyl sites for hydroxylation is 1. The lowest BCUT2D eigenvalue weighted by molar-refractivity contribution is 0.126. The van der Waals surface area contributed by atoms with Crippen LogP contribution in [0.25, 0.3) is 11.2 Å². The molecule has 0 spiro atoms. The maximum Gasteiger partial charge on any atom is 0.227 e. The van der Waals surface area contributed by atoms with E-state index in [2.05, 4.69) is 25.6 Å². The van der Waals surface area contributed by atoms with E-state index >= 15 is 0 Å². The maximum absolute atomic E-state index is 14.4. The van der Waals surface area contributed by atoms with Crippen LogP contribution in [-0.2, 0) is 6.54 Å². The summed E-state index contributed by atoms with van der Waals surface area (Å²) in [4.78, 5) is 13.2. The molecule has 1 fully saturated rings. The Morgan fingerprint density at radius 3 is 2.57 bits per heavy atom. The van der Waals surface area contributed by atoms with Crippen molar-refractivity contribution >= 4 is 28.6 Å². The Labute approximate surface area is 171 Å². The van der Waals surface area contributed by atoms with Crippen molar-refractivity contribution in [2.24, 2.45) is 0 Å². The minimum absolute atomic E-state index is 0.0858. The van der Waals surface area contributed by atoms with Gasteiger partial charge in [-0.1, -0.05) is 0 Å². The molecule has 0 atom stereocenters. The molecule has 1 aromatic carbocycles. The molecule has 3 aromatic rings. The fourth-order valence-electron chi connectivity index (χ4n) is 3.63. The van der Waals surface area contributed by atoms with Crippen LogP contribution in [0.15, 0.2) is 12.4 Å². The zero-order valence-corrected chi connectivity index (χ0v) is 16.7. The molecule has 0 unspecified atom stereocenters. The Kier molecular flexibility index (Phi) is 5.50.